The summed E-state index contributed by atoms with van der Waals surface area (Å²) >= 11 is 3.51. The second-order valence-corrected chi connectivity index (χ2v) is 5.29. The molecule has 94 valence electrons. The van der Waals surface area contributed by atoms with Crippen LogP contribution in [-0.2, 0) is 0 Å². The van der Waals surface area contributed by atoms with Crippen molar-refractivity contribution in [1.82, 2.24) is 0 Å². The van der Waals surface area contributed by atoms with Gasteiger partial charge in [-0.05, 0) is 46.5 Å². The smallest absolute Gasteiger partial charge is 0.175 e. The monoisotopic (exact) mass is 300 g/mol. The van der Waals surface area contributed by atoms with Crippen LogP contribution < -0.4 is 9.47 Å². The third-order valence-electron chi connectivity index (χ3n) is 2.90. The maximum Gasteiger partial charge on any atom is 0.175 e. The molecule has 0 radical (unpaired) electrons. The van der Waals surface area contributed by atoms with E-state index in [2.05, 4.69) is 15.9 Å². The van der Waals surface area contributed by atoms with Crippen molar-refractivity contribution in [2.45, 2.75) is 31.8 Å². The SMILES string of the molecule is COc1cc(C(C)CO)cc(Br)c1OC1CC1. The number of aliphatic hydroxyl groups is 1. The Labute approximate surface area is 110 Å². The molecule has 0 saturated heterocycles. The molecule has 0 aromatic heterocycles. The Hall–Kier alpha value is -0.740. The van der Waals surface area contributed by atoms with Gasteiger partial charge in [-0.2, -0.15) is 0 Å². The van der Waals surface area contributed by atoms with Crippen molar-refractivity contribution < 1.29 is 14.6 Å². The fourth-order valence-electron chi connectivity index (χ4n) is 1.60. The highest BCUT2D eigenvalue weighted by molar-refractivity contribution is 9.10. The quantitative estimate of drug-likeness (QED) is 0.908. The second kappa shape index (κ2) is 5.27. The van der Waals surface area contributed by atoms with E-state index in [4.69, 9.17) is 9.47 Å². The van der Waals surface area contributed by atoms with E-state index in [0.717, 1.165) is 34.4 Å². The molecule has 1 aromatic carbocycles. The number of ether oxygens (including phenoxy) is 2. The first-order valence-electron chi connectivity index (χ1n) is 5.80. The van der Waals surface area contributed by atoms with Crippen LogP contribution in [0.5, 0.6) is 11.5 Å². The molecule has 17 heavy (non-hydrogen) atoms. The summed E-state index contributed by atoms with van der Waals surface area (Å²) in [6.45, 7) is 2.10. The summed E-state index contributed by atoms with van der Waals surface area (Å²) in [6, 6.07) is 3.92. The summed E-state index contributed by atoms with van der Waals surface area (Å²) in [6.07, 6.45) is 2.57. The number of aliphatic hydroxyl groups excluding tert-OH is 1. The predicted octanol–water partition coefficient (Wildman–Crippen LogP) is 3.09. The van der Waals surface area contributed by atoms with Crippen LogP contribution in [-0.4, -0.2) is 24.9 Å². The molecular weight excluding hydrogens is 284 g/mol. The lowest BCUT2D eigenvalue weighted by atomic mass is 10.0. The van der Waals surface area contributed by atoms with Gasteiger partial charge in [0.1, 0.15) is 0 Å². The number of benzene rings is 1. The van der Waals surface area contributed by atoms with E-state index in [1.807, 2.05) is 19.1 Å². The normalized spacial score (nSPS) is 16.7. The Kier molecular flexibility index (Phi) is 3.94. The largest absolute Gasteiger partial charge is 0.493 e. The Morgan fingerprint density at radius 1 is 1.47 bits per heavy atom. The van der Waals surface area contributed by atoms with E-state index in [1.165, 1.54) is 0 Å². The molecule has 2 rings (SSSR count). The van der Waals surface area contributed by atoms with Crippen LogP contribution in [0.25, 0.3) is 0 Å². The summed E-state index contributed by atoms with van der Waals surface area (Å²) in [5.41, 5.74) is 1.04. The number of methoxy groups -OCH3 is 1. The number of hydrogen-bond acceptors (Lipinski definition) is 3. The minimum atomic E-state index is 0.0928. The molecule has 1 atom stereocenters. The third-order valence-corrected chi connectivity index (χ3v) is 3.49. The number of halogens is 1. The van der Waals surface area contributed by atoms with E-state index in [0.29, 0.717) is 6.10 Å². The summed E-state index contributed by atoms with van der Waals surface area (Å²) in [5, 5.41) is 9.18. The van der Waals surface area contributed by atoms with Gasteiger partial charge >= 0.3 is 0 Å². The van der Waals surface area contributed by atoms with Crippen LogP contribution in [0.2, 0.25) is 0 Å². The third kappa shape index (κ3) is 2.93. The van der Waals surface area contributed by atoms with Gasteiger partial charge in [-0.15, -0.1) is 0 Å². The first-order valence-corrected chi connectivity index (χ1v) is 6.60. The summed E-state index contributed by atoms with van der Waals surface area (Å²) in [5.74, 6) is 1.58. The standard InChI is InChI=1S/C13H17BrO3/c1-8(7-15)9-5-11(14)13(12(6-9)16-2)17-10-3-4-10/h5-6,8,10,15H,3-4,7H2,1-2H3. The molecule has 4 heteroatoms. The minimum absolute atomic E-state index is 0.0928. The first kappa shape index (κ1) is 12.7. The topological polar surface area (TPSA) is 38.7 Å². The zero-order valence-corrected chi connectivity index (χ0v) is 11.7. The molecule has 0 amide bonds. The zero-order valence-electron chi connectivity index (χ0n) is 10.1. The van der Waals surface area contributed by atoms with Crippen LogP contribution in [0.1, 0.15) is 31.2 Å². The Balaban J connectivity index is 2.31. The zero-order chi connectivity index (χ0) is 12.4. The Bertz CT molecular complexity index is 402. The summed E-state index contributed by atoms with van der Waals surface area (Å²) < 4.78 is 12.1. The molecule has 0 bridgehead atoms. The summed E-state index contributed by atoms with van der Waals surface area (Å²) in [7, 11) is 1.63. The number of hydrogen-bond donors (Lipinski definition) is 1. The molecule has 1 unspecified atom stereocenters. The van der Waals surface area contributed by atoms with E-state index in [9.17, 15) is 5.11 Å². The fourth-order valence-corrected chi connectivity index (χ4v) is 2.15. The lowest BCUT2D eigenvalue weighted by Crippen LogP contribution is -2.03. The molecule has 1 N–H and O–H groups in total. The fraction of sp³-hybridized carbons (Fsp3) is 0.538. The molecular formula is C13H17BrO3. The van der Waals surface area contributed by atoms with Gasteiger partial charge in [0.25, 0.3) is 0 Å². The average molecular weight is 301 g/mol. The maximum absolute atomic E-state index is 9.18. The van der Waals surface area contributed by atoms with Crippen molar-refractivity contribution in [3.8, 4) is 11.5 Å². The predicted molar refractivity (Wildman–Crippen MR) is 69.8 cm³/mol. The van der Waals surface area contributed by atoms with Gasteiger partial charge in [0.15, 0.2) is 11.5 Å². The van der Waals surface area contributed by atoms with E-state index < -0.39 is 0 Å². The van der Waals surface area contributed by atoms with Crippen molar-refractivity contribution in [2.75, 3.05) is 13.7 Å². The van der Waals surface area contributed by atoms with Crippen molar-refractivity contribution in [3.05, 3.63) is 22.2 Å². The molecule has 1 aromatic rings. The molecule has 1 saturated carbocycles. The van der Waals surface area contributed by atoms with Crippen LogP contribution >= 0.6 is 15.9 Å². The van der Waals surface area contributed by atoms with Gasteiger partial charge < -0.3 is 14.6 Å². The van der Waals surface area contributed by atoms with Crippen molar-refractivity contribution in [1.29, 1.82) is 0 Å². The molecule has 1 aliphatic carbocycles. The minimum Gasteiger partial charge on any atom is -0.493 e. The first-order chi connectivity index (χ1) is 8.15. The van der Waals surface area contributed by atoms with Crippen LogP contribution in [0, 0.1) is 0 Å². The summed E-state index contributed by atoms with van der Waals surface area (Å²) in [4.78, 5) is 0. The maximum atomic E-state index is 9.18. The van der Waals surface area contributed by atoms with Crippen molar-refractivity contribution in [2.24, 2.45) is 0 Å². The van der Waals surface area contributed by atoms with Crippen LogP contribution in [0.15, 0.2) is 16.6 Å². The molecule has 0 aliphatic heterocycles. The lowest BCUT2D eigenvalue weighted by molar-refractivity contribution is 0.269. The van der Waals surface area contributed by atoms with Gasteiger partial charge in [-0.1, -0.05) is 6.92 Å². The van der Waals surface area contributed by atoms with Gasteiger partial charge in [0, 0.05) is 12.5 Å². The van der Waals surface area contributed by atoms with Gasteiger partial charge in [0.05, 0.1) is 17.7 Å². The number of rotatable bonds is 5. The molecule has 0 spiro atoms. The van der Waals surface area contributed by atoms with Crippen LogP contribution in [0.3, 0.4) is 0 Å². The molecule has 1 fully saturated rings. The highest BCUT2D eigenvalue weighted by atomic mass is 79.9. The van der Waals surface area contributed by atoms with Gasteiger partial charge in [-0.3, -0.25) is 0 Å². The molecule has 3 nitrogen and oxygen atoms in total. The molecule has 0 heterocycles. The van der Waals surface area contributed by atoms with Gasteiger partial charge in [-0.25, -0.2) is 0 Å². The van der Waals surface area contributed by atoms with Crippen molar-refractivity contribution in [3.63, 3.8) is 0 Å². The van der Waals surface area contributed by atoms with E-state index in [1.54, 1.807) is 7.11 Å². The van der Waals surface area contributed by atoms with E-state index >= 15 is 0 Å². The molecule has 1 aliphatic rings. The Morgan fingerprint density at radius 2 is 2.18 bits per heavy atom. The highest BCUT2D eigenvalue weighted by Crippen LogP contribution is 2.41. The second-order valence-electron chi connectivity index (χ2n) is 4.43. The van der Waals surface area contributed by atoms with Crippen LogP contribution in [0.4, 0.5) is 0 Å². The Morgan fingerprint density at radius 3 is 2.71 bits per heavy atom. The highest BCUT2D eigenvalue weighted by Gasteiger charge is 2.26. The van der Waals surface area contributed by atoms with Gasteiger partial charge in [0.2, 0.25) is 0 Å². The van der Waals surface area contributed by atoms with Crippen molar-refractivity contribution >= 4 is 15.9 Å². The van der Waals surface area contributed by atoms with E-state index in [-0.39, 0.29) is 12.5 Å². The lowest BCUT2D eigenvalue weighted by Gasteiger charge is -2.16. The average Bonchev–Trinajstić information content (AvgIpc) is 3.14.